The molecule has 0 aliphatic heterocycles. The summed E-state index contributed by atoms with van der Waals surface area (Å²) in [4.78, 5) is 0.350. The summed E-state index contributed by atoms with van der Waals surface area (Å²) < 4.78 is 27.7. The summed E-state index contributed by atoms with van der Waals surface area (Å²) in [7, 11) is -3.40. The van der Waals surface area contributed by atoms with Crippen molar-refractivity contribution in [1.82, 2.24) is 4.72 Å². The van der Waals surface area contributed by atoms with E-state index in [0.29, 0.717) is 10.8 Å². The van der Waals surface area contributed by atoms with Gasteiger partial charge >= 0.3 is 0 Å². The molecule has 2 atom stereocenters. The third kappa shape index (κ3) is 4.45. The van der Waals surface area contributed by atoms with Gasteiger partial charge in [-0.2, -0.15) is 0 Å². The van der Waals surface area contributed by atoms with E-state index in [1.54, 1.807) is 12.1 Å². The second-order valence-corrected chi connectivity index (χ2v) is 7.53. The molecule has 1 fully saturated rings. The van der Waals surface area contributed by atoms with Crippen LogP contribution in [0.15, 0.2) is 29.2 Å². The molecule has 0 spiro atoms. The van der Waals surface area contributed by atoms with E-state index in [9.17, 15) is 8.42 Å². The first-order valence-corrected chi connectivity index (χ1v) is 9.39. The minimum atomic E-state index is -3.40. The molecule has 2 rings (SSSR count). The Morgan fingerprint density at radius 3 is 2.48 bits per heavy atom. The third-order valence-electron chi connectivity index (χ3n) is 4.23. The van der Waals surface area contributed by atoms with Crippen molar-refractivity contribution in [3.63, 3.8) is 0 Å². The monoisotopic (exact) mass is 310 g/mol. The first kappa shape index (κ1) is 16.3. The van der Waals surface area contributed by atoms with Crippen molar-refractivity contribution in [2.45, 2.75) is 56.9 Å². The van der Waals surface area contributed by atoms with Gasteiger partial charge in [0.1, 0.15) is 0 Å². The summed E-state index contributed by atoms with van der Waals surface area (Å²) in [6.45, 7) is 5.02. The van der Waals surface area contributed by atoms with Gasteiger partial charge in [-0.05, 0) is 49.9 Å². The van der Waals surface area contributed by atoms with E-state index < -0.39 is 10.0 Å². The molecule has 1 aliphatic rings. The molecule has 0 radical (unpaired) electrons. The van der Waals surface area contributed by atoms with E-state index in [1.165, 1.54) is 6.42 Å². The van der Waals surface area contributed by atoms with Crippen molar-refractivity contribution >= 4 is 15.7 Å². The first-order valence-electron chi connectivity index (χ1n) is 7.91. The normalized spacial score (nSPS) is 23.0. The van der Waals surface area contributed by atoms with E-state index in [4.69, 9.17) is 0 Å². The molecule has 2 unspecified atom stereocenters. The average Bonchev–Trinajstić information content (AvgIpc) is 2.48. The van der Waals surface area contributed by atoms with Crippen molar-refractivity contribution in [2.75, 3.05) is 11.9 Å². The largest absolute Gasteiger partial charge is 0.385 e. The van der Waals surface area contributed by atoms with E-state index in [1.807, 2.05) is 19.1 Å². The summed E-state index contributed by atoms with van der Waals surface area (Å²) in [6, 6.07) is 7.05. The Hall–Kier alpha value is -1.07. The van der Waals surface area contributed by atoms with Gasteiger partial charge in [0.15, 0.2) is 0 Å². The average molecular weight is 310 g/mol. The molecule has 1 saturated carbocycles. The van der Waals surface area contributed by atoms with Crippen LogP contribution in [-0.4, -0.2) is 21.0 Å². The summed E-state index contributed by atoms with van der Waals surface area (Å²) in [5, 5.41) is 3.17. The van der Waals surface area contributed by atoms with Gasteiger partial charge in [0.2, 0.25) is 10.0 Å². The van der Waals surface area contributed by atoms with E-state index in [2.05, 4.69) is 17.0 Å². The van der Waals surface area contributed by atoms with Crippen LogP contribution in [0.3, 0.4) is 0 Å². The highest BCUT2D eigenvalue weighted by molar-refractivity contribution is 7.89. The van der Waals surface area contributed by atoms with Crippen LogP contribution in [0.2, 0.25) is 0 Å². The lowest BCUT2D eigenvalue weighted by molar-refractivity contribution is 0.301. The minimum Gasteiger partial charge on any atom is -0.385 e. The molecule has 0 amide bonds. The fourth-order valence-corrected chi connectivity index (χ4v) is 4.30. The van der Waals surface area contributed by atoms with Crippen LogP contribution in [0, 0.1) is 5.92 Å². The topological polar surface area (TPSA) is 58.2 Å². The maximum atomic E-state index is 12.4. The second kappa shape index (κ2) is 7.27. The summed E-state index contributed by atoms with van der Waals surface area (Å²) in [5.41, 5.74) is 0.945. The van der Waals surface area contributed by atoms with Crippen molar-refractivity contribution in [3.8, 4) is 0 Å². The fraction of sp³-hybridized carbons (Fsp3) is 0.625. The van der Waals surface area contributed by atoms with Crippen molar-refractivity contribution in [2.24, 2.45) is 5.92 Å². The van der Waals surface area contributed by atoms with Crippen molar-refractivity contribution in [3.05, 3.63) is 24.3 Å². The van der Waals surface area contributed by atoms with Crippen molar-refractivity contribution in [1.29, 1.82) is 0 Å². The predicted molar refractivity (Wildman–Crippen MR) is 87.0 cm³/mol. The molecule has 1 aromatic rings. The minimum absolute atomic E-state index is 0.0853. The number of nitrogens with one attached hydrogen (secondary N) is 2. The Labute approximate surface area is 128 Å². The second-order valence-electron chi connectivity index (χ2n) is 5.81. The molecule has 118 valence electrons. The Kier molecular flexibility index (Phi) is 5.65. The summed E-state index contributed by atoms with van der Waals surface area (Å²) in [5.74, 6) is 0.655. The van der Waals surface area contributed by atoms with Gasteiger partial charge in [-0.3, -0.25) is 0 Å². The molecule has 0 heterocycles. The molecule has 0 saturated heterocycles. The maximum Gasteiger partial charge on any atom is 0.240 e. The fourth-order valence-electron chi connectivity index (χ4n) is 3.01. The van der Waals surface area contributed by atoms with E-state index in [0.717, 1.165) is 37.9 Å². The quantitative estimate of drug-likeness (QED) is 0.847. The molecule has 1 aromatic carbocycles. The number of sulfonamides is 1. The number of anilines is 1. The van der Waals surface area contributed by atoms with Gasteiger partial charge in [0.05, 0.1) is 4.90 Å². The zero-order chi connectivity index (χ0) is 15.3. The molecule has 2 N–H and O–H groups in total. The van der Waals surface area contributed by atoms with Crippen molar-refractivity contribution < 1.29 is 8.42 Å². The van der Waals surface area contributed by atoms with Crippen LogP contribution in [0.4, 0.5) is 5.69 Å². The van der Waals surface area contributed by atoms with E-state index in [-0.39, 0.29) is 6.04 Å². The van der Waals surface area contributed by atoms with Gasteiger partial charge in [-0.25, -0.2) is 13.1 Å². The lowest BCUT2D eigenvalue weighted by Crippen LogP contribution is -2.38. The summed E-state index contributed by atoms with van der Waals surface area (Å²) >= 11 is 0. The molecule has 21 heavy (non-hydrogen) atoms. The Balaban J connectivity index is 2.03. The standard InChI is InChI=1S/C16H26N2O2S/c1-3-13-6-5-7-15(12-13)18-21(19,20)16-10-8-14(9-11-16)17-4-2/h8-11,13,15,17-18H,3-7,12H2,1-2H3. The Bertz CT molecular complexity index is 540. The van der Waals surface area contributed by atoms with Crippen LogP contribution in [0.1, 0.15) is 46.0 Å². The highest BCUT2D eigenvalue weighted by atomic mass is 32.2. The number of rotatable bonds is 6. The zero-order valence-corrected chi connectivity index (χ0v) is 13.7. The predicted octanol–water partition coefficient (Wildman–Crippen LogP) is 3.37. The number of hydrogen-bond donors (Lipinski definition) is 2. The summed E-state index contributed by atoms with van der Waals surface area (Å²) in [6.07, 6.45) is 5.39. The molecule has 5 heteroatoms. The van der Waals surface area contributed by atoms with Crippen LogP contribution in [-0.2, 0) is 10.0 Å². The van der Waals surface area contributed by atoms with Gasteiger partial charge in [-0.1, -0.05) is 26.2 Å². The van der Waals surface area contributed by atoms with Gasteiger partial charge < -0.3 is 5.32 Å². The molecule has 4 nitrogen and oxygen atoms in total. The van der Waals surface area contributed by atoms with Gasteiger partial charge in [0.25, 0.3) is 0 Å². The van der Waals surface area contributed by atoms with Gasteiger partial charge in [-0.15, -0.1) is 0 Å². The molecular formula is C16H26N2O2S. The third-order valence-corrected chi connectivity index (χ3v) is 5.76. The van der Waals surface area contributed by atoms with Crippen LogP contribution >= 0.6 is 0 Å². The molecule has 0 aromatic heterocycles. The first-order chi connectivity index (χ1) is 10.0. The molecular weight excluding hydrogens is 284 g/mol. The van der Waals surface area contributed by atoms with Gasteiger partial charge in [0, 0.05) is 18.3 Å². The van der Waals surface area contributed by atoms with Crippen LogP contribution in [0.25, 0.3) is 0 Å². The number of hydrogen-bond acceptors (Lipinski definition) is 3. The van der Waals surface area contributed by atoms with Crippen LogP contribution < -0.4 is 10.0 Å². The maximum absolute atomic E-state index is 12.4. The zero-order valence-electron chi connectivity index (χ0n) is 12.9. The lowest BCUT2D eigenvalue weighted by atomic mass is 9.85. The highest BCUT2D eigenvalue weighted by Gasteiger charge is 2.25. The lowest BCUT2D eigenvalue weighted by Gasteiger charge is -2.28. The molecule has 0 bridgehead atoms. The smallest absolute Gasteiger partial charge is 0.240 e. The van der Waals surface area contributed by atoms with E-state index >= 15 is 0 Å². The molecule has 1 aliphatic carbocycles. The Morgan fingerprint density at radius 1 is 1.14 bits per heavy atom. The highest BCUT2D eigenvalue weighted by Crippen LogP contribution is 2.27. The number of benzene rings is 1. The van der Waals surface area contributed by atoms with Crippen LogP contribution in [0.5, 0.6) is 0 Å². The SMILES string of the molecule is CCNc1ccc(S(=O)(=O)NC2CCCC(CC)C2)cc1. The Morgan fingerprint density at radius 2 is 1.86 bits per heavy atom.